The lowest BCUT2D eigenvalue weighted by atomic mass is 9.88. The Balaban J connectivity index is 1.63. The molecule has 13 heteroatoms. The van der Waals surface area contributed by atoms with Gasteiger partial charge in [0.15, 0.2) is 5.03 Å². The number of nitrogens with zero attached hydrogens (tertiary/aromatic N) is 4. The second kappa shape index (κ2) is 16.1. The molecule has 0 bridgehead atoms. The lowest BCUT2D eigenvalue weighted by Crippen LogP contribution is -2.48. The number of rotatable bonds is 8. The van der Waals surface area contributed by atoms with Gasteiger partial charge in [-0.25, -0.2) is 4.98 Å². The molecule has 2 N–H and O–H groups in total. The Morgan fingerprint density at radius 1 is 1.15 bits per heavy atom. The highest BCUT2D eigenvalue weighted by Gasteiger charge is 2.32. The Hall–Kier alpha value is -3.16. The van der Waals surface area contributed by atoms with Gasteiger partial charge in [-0.2, -0.15) is 8.42 Å². The highest BCUT2D eigenvalue weighted by molar-refractivity contribution is 7.92. The van der Waals surface area contributed by atoms with Crippen LogP contribution in [0.15, 0.2) is 35.7 Å². The second-order valence-electron chi connectivity index (χ2n) is 13.0. The summed E-state index contributed by atoms with van der Waals surface area (Å²) in [6.07, 6.45) is 9.78. The van der Waals surface area contributed by atoms with E-state index in [1.165, 1.54) is 29.6 Å². The number of hydrogen-bond acceptors (Lipinski definition) is 8. The van der Waals surface area contributed by atoms with Crippen LogP contribution in [-0.2, 0) is 26.6 Å². The van der Waals surface area contributed by atoms with Gasteiger partial charge in [0.05, 0.1) is 36.7 Å². The Morgan fingerprint density at radius 2 is 1.87 bits per heavy atom. The Labute approximate surface area is 273 Å². The lowest BCUT2D eigenvalue weighted by molar-refractivity contribution is -0.137. The van der Waals surface area contributed by atoms with Gasteiger partial charge in [0, 0.05) is 57.5 Å². The van der Waals surface area contributed by atoms with Gasteiger partial charge in [-0.1, -0.05) is 26.2 Å². The number of aliphatic hydroxyl groups is 1. The van der Waals surface area contributed by atoms with Gasteiger partial charge in [-0.15, -0.1) is 0 Å². The quantitative estimate of drug-likeness (QED) is 0.432. The van der Waals surface area contributed by atoms with E-state index in [1.807, 2.05) is 20.9 Å². The van der Waals surface area contributed by atoms with Gasteiger partial charge < -0.3 is 28.9 Å². The normalized spacial score (nSPS) is 23.1. The maximum atomic E-state index is 14.3. The van der Waals surface area contributed by atoms with E-state index in [4.69, 9.17) is 9.47 Å². The second-order valence-corrected chi connectivity index (χ2v) is 14.7. The topological polar surface area (TPSA) is 143 Å². The van der Waals surface area contributed by atoms with Crippen molar-refractivity contribution in [2.24, 2.45) is 18.9 Å². The van der Waals surface area contributed by atoms with Crippen LogP contribution in [0.2, 0.25) is 0 Å². The smallest absolute Gasteiger partial charge is 0.280 e. The third kappa shape index (κ3) is 9.22. The zero-order valence-electron chi connectivity index (χ0n) is 27.9. The van der Waals surface area contributed by atoms with E-state index >= 15 is 0 Å². The fourth-order valence-corrected chi connectivity index (χ4v) is 7.24. The van der Waals surface area contributed by atoms with Gasteiger partial charge >= 0.3 is 0 Å². The third-order valence-corrected chi connectivity index (χ3v) is 10.3. The predicted molar refractivity (Wildman–Crippen MR) is 175 cm³/mol. The number of anilines is 1. The molecule has 2 amide bonds. The van der Waals surface area contributed by atoms with Crippen LogP contribution in [0.5, 0.6) is 5.75 Å². The van der Waals surface area contributed by atoms with Crippen molar-refractivity contribution in [2.75, 3.05) is 38.1 Å². The first-order chi connectivity index (χ1) is 21.9. The highest BCUT2D eigenvalue weighted by Crippen LogP contribution is 2.30. The number of amides is 2. The van der Waals surface area contributed by atoms with Crippen LogP contribution in [0, 0.1) is 11.8 Å². The number of benzene rings is 1. The van der Waals surface area contributed by atoms with Crippen LogP contribution in [0.25, 0.3) is 0 Å². The minimum atomic E-state index is -4.01. The minimum absolute atomic E-state index is 0.0438. The summed E-state index contributed by atoms with van der Waals surface area (Å²) in [6, 6.07) is 4.09. The van der Waals surface area contributed by atoms with Crippen molar-refractivity contribution in [1.29, 1.82) is 0 Å². The van der Waals surface area contributed by atoms with Gasteiger partial charge in [0.25, 0.3) is 15.9 Å². The standard InChI is InChI=1S/C33H51N5O7S/c1-23-18-38(24(2)21-39)33(41)28-17-27(35-46(42,43)31-20-36(4)22-34-31)14-15-29(28)45-25(3)11-9-10-16-44-30(23)19-37(5)32(40)26-12-7-6-8-13-26/h14-15,17,20,22-26,30,35,39H,6-13,16,18-19,21H2,1-5H3/t23-,24+,25-,30+/m0/s1. The number of aryl methyl sites for hydroxylation is 1. The average molecular weight is 662 g/mol. The molecular weight excluding hydrogens is 610 g/mol. The first-order valence-electron chi connectivity index (χ1n) is 16.5. The summed E-state index contributed by atoms with van der Waals surface area (Å²) in [5.41, 5.74) is 0.364. The van der Waals surface area contributed by atoms with E-state index in [9.17, 15) is 23.1 Å². The summed E-state index contributed by atoms with van der Waals surface area (Å²) < 4.78 is 42.8. The molecule has 0 unspecified atom stereocenters. The molecule has 4 rings (SSSR count). The van der Waals surface area contributed by atoms with Crippen molar-refractivity contribution in [3.05, 3.63) is 36.3 Å². The number of nitrogens with one attached hydrogen (secondary N) is 1. The van der Waals surface area contributed by atoms with E-state index < -0.39 is 22.0 Å². The summed E-state index contributed by atoms with van der Waals surface area (Å²) in [4.78, 5) is 35.0. The maximum absolute atomic E-state index is 14.3. The molecule has 2 aliphatic rings. The molecule has 1 saturated carbocycles. The summed E-state index contributed by atoms with van der Waals surface area (Å²) in [6.45, 7) is 6.59. The Bertz CT molecular complexity index is 1430. The highest BCUT2D eigenvalue weighted by atomic mass is 32.2. The number of carbonyl (C=O) groups is 2. The molecule has 1 aromatic heterocycles. The van der Waals surface area contributed by atoms with E-state index in [1.54, 1.807) is 35.9 Å². The van der Waals surface area contributed by atoms with E-state index in [2.05, 4.69) is 9.71 Å². The molecule has 2 heterocycles. The Morgan fingerprint density at radius 3 is 2.54 bits per heavy atom. The monoisotopic (exact) mass is 661 g/mol. The van der Waals surface area contributed by atoms with Gasteiger partial charge in [0.2, 0.25) is 5.91 Å². The number of ether oxygens (including phenoxy) is 2. The third-order valence-electron chi connectivity index (χ3n) is 9.04. The summed E-state index contributed by atoms with van der Waals surface area (Å²) in [5, 5.41) is 10.1. The molecule has 4 atom stereocenters. The molecule has 0 saturated heterocycles. The van der Waals surface area contributed by atoms with Crippen LogP contribution >= 0.6 is 0 Å². The summed E-state index contributed by atoms with van der Waals surface area (Å²) >= 11 is 0. The van der Waals surface area contributed by atoms with E-state index in [0.29, 0.717) is 18.9 Å². The summed E-state index contributed by atoms with van der Waals surface area (Å²) in [5.74, 6) is -0.0632. The summed E-state index contributed by atoms with van der Waals surface area (Å²) in [7, 11) is -0.500. The van der Waals surface area contributed by atoms with Crippen LogP contribution in [-0.4, -0.2) is 96.3 Å². The first-order valence-corrected chi connectivity index (χ1v) is 18.0. The number of likely N-dealkylation sites (N-methyl/N-ethyl adjacent to an activating group) is 1. The minimum Gasteiger partial charge on any atom is -0.490 e. The molecule has 2 aromatic rings. The molecular formula is C33H51N5O7S. The predicted octanol–water partition coefficient (Wildman–Crippen LogP) is 4.06. The average Bonchev–Trinajstić information content (AvgIpc) is 3.49. The van der Waals surface area contributed by atoms with E-state index in [-0.39, 0.29) is 59.4 Å². The molecule has 256 valence electrons. The zero-order chi connectivity index (χ0) is 33.4. The molecule has 0 spiro atoms. The number of aliphatic hydroxyl groups excluding tert-OH is 1. The van der Waals surface area contributed by atoms with Crippen molar-refractivity contribution >= 4 is 27.5 Å². The fourth-order valence-electron chi connectivity index (χ4n) is 6.20. The molecule has 1 aliphatic heterocycles. The van der Waals surface area contributed by atoms with Crippen LogP contribution in [0.1, 0.15) is 82.5 Å². The maximum Gasteiger partial charge on any atom is 0.280 e. The molecule has 1 aromatic carbocycles. The number of imidazole rings is 1. The van der Waals surface area contributed by atoms with Crippen LogP contribution in [0.3, 0.4) is 0 Å². The number of hydrogen-bond donors (Lipinski definition) is 2. The molecule has 46 heavy (non-hydrogen) atoms. The molecule has 1 fully saturated rings. The van der Waals surface area contributed by atoms with Crippen molar-refractivity contribution in [3.63, 3.8) is 0 Å². The Kier molecular flexibility index (Phi) is 12.5. The van der Waals surface area contributed by atoms with Gasteiger partial charge in [-0.3, -0.25) is 14.3 Å². The number of fused-ring (bicyclic) bond motifs is 1. The number of aromatic nitrogens is 2. The largest absolute Gasteiger partial charge is 0.490 e. The van der Waals surface area contributed by atoms with Gasteiger partial charge in [0.1, 0.15) is 5.75 Å². The fraction of sp³-hybridized carbons (Fsp3) is 0.667. The molecule has 1 aliphatic carbocycles. The van der Waals surface area contributed by atoms with Crippen molar-refractivity contribution in [1.82, 2.24) is 19.4 Å². The first kappa shape index (κ1) is 35.7. The van der Waals surface area contributed by atoms with Crippen LogP contribution < -0.4 is 9.46 Å². The number of carbonyl (C=O) groups excluding carboxylic acids is 2. The van der Waals surface area contributed by atoms with Crippen molar-refractivity contribution < 1.29 is 32.6 Å². The van der Waals surface area contributed by atoms with Gasteiger partial charge in [-0.05, 0) is 64.2 Å². The lowest BCUT2D eigenvalue weighted by Gasteiger charge is -2.36. The van der Waals surface area contributed by atoms with E-state index in [0.717, 1.165) is 44.9 Å². The molecule has 0 radical (unpaired) electrons. The molecule has 12 nitrogen and oxygen atoms in total. The van der Waals surface area contributed by atoms with Crippen molar-refractivity contribution in [3.8, 4) is 5.75 Å². The van der Waals surface area contributed by atoms with Crippen LogP contribution in [0.4, 0.5) is 5.69 Å². The number of sulfonamides is 1. The SMILES string of the molecule is C[C@H](CO)N1C[C@H](C)[C@@H](CN(C)C(=O)C2CCCCC2)OCCCC[C@H](C)Oc2ccc(NS(=O)(=O)c3cn(C)cn3)cc2C1=O. The van der Waals surface area contributed by atoms with Crippen molar-refractivity contribution in [2.45, 2.75) is 95.4 Å². The zero-order valence-corrected chi connectivity index (χ0v) is 28.7.